The number of rotatable bonds is 8. The molecule has 1 heterocycles. The summed E-state index contributed by atoms with van der Waals surface area (Å²) in [5.74, 6) is 0. The van der Waals surface area contributed by atoms with Gasteiger partial charge >= 0.3 is 0 Å². The monoisotopic (exact) mass is 845 g/mol. The minimum absolute atomic E-state index is 0.903. The average Bonchev–Trinajstić information content (AvgIpc) is 3.79. The Bertz CT molecular complexity index is 3480. The maximum Gasteiger partial charge on any atom is 0.143 e. The summed E-state index contributed by atoms with van der Waals surface area (Å²) in [5.41, 5.74) is 16.8. The molecule has 0 unspecified atom stereocenters. The predicted octanol–water partition coefficient (Wildman–Crippen LogP) is 18.7. The van der Waals surface area contributed by atoms with Gasteiger partial charge in [0.2, 0.25) is 0 Å². The molecule has 11 aromatic carbocycles. The van der Waals surface area contributed by atoms with Crippen LogP contribution in [-0.4, -0.2) is 0 Å². The van der Waals surface area contributed by atoms with Crippen molar-refractivity contribution >= 4 is 60.5 Å². The Morgan fingerprint density at radius 2 is 0.652 bits per heavy atom. The average molecular weight is 846 g/mol. The molecule has 0 N–H and O–H groups in total. The molecule has 12 rings (SSSR count). The van der Waals surface area contributed by atoms with Crippen molar-refractivity contribution in [1.82, 2.24) is 0 Å². The van der Waals surface area contributed by atoms with Crippen molar-refractivity contribution in [2.75, 3.05) is 4.90 Å². The van der Waals surface area contributed by atoms with Gasteiger partial charge in [0.1, 0.15) is 11.2 Å². The lowest BCUT2D eigenvalue weighted by Crippen LogP contribution is -2.09. The molecular weight excluding hydrogens is 799 g/mol. The number of hydrogen-bond donors (Lipinski definition) is 0. The van der Waals surface area contributed by atoms with E-state index >= 15 is 0 Å². The minimum atomic E-state index is 0.903. The number of nitrogens with zero attached hydrogens (tertiary/aromatic N) is 1. The largest absolute Gasteiger partial charge is 0.455 e. The van der Waals surface area contributed by atoms with Crippen LogP contribution >= 0.6 is 0 Å². The maximum atomic E-state index is 6.44. The second kappa shape index (κ2) is 17.6. The highest BCUT2D eigenvalue weighted by atomic mass is 16.3. The molecule has 0 saturated heterocycles. The Labute approximate surface area is 386 Å². The van der Waals surface area contributed by atoms with Crippen LogP contribution in [0.5, 0.6) is 0 Å². The number of anilines is 3. The van der Waals surface area contributed by atoms with Gasteiger partial charge in [0.25, 0.3) is 0 Å². The van der Waals surface area contributed by atoms with Crippen LogP contribution in [0, 0.1) is 0 Å². The number of fused-ring (bicyclic) bond motifs is 5. The van der Waals surface area contributed by atoms with E-state index in [4.69, 9.17) is 4.42 Å². The van der Waals surface area contributed by atoms with Crippen LogP contribution in [0.25, 0.3) is 99.1 Å². The molecule has 0 fully saturated rings. The quantitative estimate of drug-likeness (QED) is 0.151. The topological polar surface area (TPSA) is 16.4 Å². The highest BCUT2D eigenvalue weighted by Crippen LogP contribution is 2.41. The molecule has 314 valence electrons. The fourth-order valence-corrected chi connectivity index (χ4v) is 9.50. The molecule has 0 aliphatic heterocycles. The zero-order valence-electron chi connectivity index (χ0n) is 37.0. The summed E-state index contributed by atoms with van der Waals surface area (Å²) in [6.07, 6.45) is 0. The molecule has 0 radical (unpaired) electrons. The van der Waals surface area contributed by atoms with E-state index in [1.807, 2.05) is 26.0 Å². The van der Waals surface area contributed by atoms with Crippen LogP contribution in [-0.2, 0) is 0 Å². The first-order valence-electron chi connectivity index (χ1n) is 22.9. The van der Waals surface area contributed by atoms with Crippen LogP contribution in [0.3, 0.4) is 0 Å². The summed E-state index contributed by atoms with van der Waals surface area (Å²) in [6.45, 7) is 4.00. The first kappa shape index (κ1) is 40.3. The summed E-state index contributed by atoms with van der Waals surface area (Å²) in [6, 6.07) is 89.6. The standard InChI is InChI=1S/C62H41NO.C2H6/c1-3-20-54-44(12-1)14-9-23-56(54)49-18-7-16-47(40-49)42-28-34-51(35-29-42)63(53-38-32-46(33-39-53)58-25-11-26-60-59-22-5-6-27-61(59)64-62(58)60)52-36-30-43(31-37-52)48-17-8-19-50(41-48)57-24-10-15-45-13-2-4-21-55(45)57;1-2/h1-41H;1-2H3. The summed E-state index contributed by atoms with van der Waals surface area (Å²) >= 11 is 0. The Hall–Kier alpha value is -8.46. The van der Waals surface area contributed by atoms with Gasteiger partial charge < -0.3 is 9.32 Å². The van der Waals surface area contributed by atoms with Gasteiger partial charge in [0.15, 0.2) is 0 Å². The van der Waals surface area contributed by atoms with E-state index < -0.39 is 0 Å². The highest BCUT2D eigenvalue weighted by molar-refractivity contribution is 6.09. The van der Waals surface area contributed by atoms with Gasteiger partial charge in [-0.2, -0.15) is 0 Å². The van der Waals surface area contributed by atoms with Crippen LogP contribution < -0.4 is 4.90 Å². The third-order valence-electron chi connectivity index (χ3n) is 12.7. The van der Waals surface area contributed by atoms with Gasteiger partial charge in [-0.15, -0.1) is 0 Å². The van der Waals surface area contributed by atoms with Gasteiger partial charge in [-0.25, -0.2) is 0 Å². The zero-order valence-corrected chi connectivity index (χ0v) is 37.0. The fraction of sp³-hybridized carbons (Fsp3) is 0.0312. The smallest absolute Gasteiger partial charge is 0.143 e. The molecule has 0 amide bonds. The Morgan fingerprint density at radius 1 is 0.273 bits per heavy atom. The molecular formula is C64H47NO. The van der Waals surface area contributed by atoms with Crippen molar-refractivity contribution in [3.8, 4) is 55.6 Å². The molecule has 0 aliphatic carbocycles. The molecule has 0 spiro atoms. The summed E-state index contributed by atoms with van der Waals surface area (Å²) in [7, 11) is 0. The van der Waals surface area contributed by atoms with Crippen molar-refractivity contribution in [3.05, 3.63) is 249 Å². The fourth-order valence-electron chi connectivity index (χ4n) is 9.50. The van der Waals surface area contributed by atoms with E-state index in [9.17, 15) is 0 Å². The molecule has 66 heavy (non-hydrogen) atoms. The molecule has 2 nitrogen and oxygen atoms in total. The van der Waals surface area contributed by atoms with E-state index in [2.05, 4.69) is 241 Å². The number of hydrogen-bond acceptors (Lipinski definition) is 2. The first-order chi connectivity index (χ1) is 32.7. The second-order valence-corrected chi connectivity index (χ2v) is 16.5. The van der Waals surface area contributed by atoms with Crippen molar-refractivity contribution in [3.63, 3.8) is 0 Å². The molecule has 0 saturated carbocycles. The van der Waals surface area contributed by atoms with E-state index in [0.717, 1.165) is 50.1 Å². The second-order valence-electron chi connectivity index (χ2n) is 16.5. The van der Waals surface area contributed by atoms with Gasteiger partial charge in [0.05, 0.1) is 0 Å². The normalized spacial score (nSPS) is 11.2. The Balaban J connectivity index is 0.00000238. The van der Waals surface area contributed by atoms with Gasteiger partial charge in [0, 0.05) is 33.4 Å². The van der Waals surface area contributed by atoms with Gasteiger partial charge in [-0.1, -0.05) is 208 Å². The minimum Gasteiger partial charge on any atom is -0.455 e. The summed E-state index contributed by atoms with van der Waals surface area (Å²) in [5, 5.41) is 7.28. The lowest BCUT2D eigenvalue weighted by molar-refractivity contribution is 0.670. The number of furan rings is 1. The molecule has 2 heteroatoms. The van der Waals surface area contributed by atoms with Crippen molar-refractivity contribution in [2.45, 2.75) is 13.8 Å². The highest BCUT2D eigenvalue weighted by Gasteiger charge is 2.17. The lowest BCUT2D eigenvalue weighted by Gasteiger charge is -2.26. The van der Waals surface area contributed by atoms with E-state index in [1.165, 1.54) is 66.1 Å². The van der Waals surface area contributed by atoms with Crippen LogP contribution in [0.4, 0.5) is 17.1 Å². The van der Waals surface area contributed by atoms with Gasteiger partial charge in [-0.3, -0.25) is 0 Å². The van der Waals surface area contributed by atoms with Crippen LogP contribution in [0.15, 0.2) is 253 Å². The van der Waals surface area contributed by atoms with Crippen molar-refractivity contribution < 1.29 is 4.42 Å². The molecule has 0 bridgehead atoms. The van der Waals surface area contributed by atoms with Crippen LogP contribution in [0.1, 0.15) is 13.8 Å². The van der Waals surface area contributed by atoms with E-state index in [1.54, 1.807) is 0 Å². The van der Waals surface area contributed by atoms with E-state index in [-0.39, 0.29) is 0 Å². The predicted molar refractivity (Wildman–Crippen MR) is 282 cm³/mol. The molecule has 12 aromatic rings. The molecule has 0 aliphatic rings. The van der Waals surface area contributed by atoms with Crippen molar-refractivity contribution in [1.29, 1.82) is 0 Å². The number of benzene rings is 11. The summed E-state index contributed by atoms with van der Waals surface area (Å²) < 4.78 is 6.44. The Kier molecular flexibility index (Phi) is 10.8. The van der Waals surface area contributed by atoms with Gasteiger partial charge in [-0.05, 0) is 126 Å². The third kappa shape index (κ3) is 7.49. The van der Waals surface area contributed by atoms with Crippen molar-refractivity contribution in [2.24, 2.45) is 0 Å². The number of para-hydroxylation sites is 2. The van der Waals surface area contributed by atoms with E-state index in [0.29, 0.717) is 0 Å². The summed E-state index contributed by atoms with van der Waals surface area (Å²) in [4.78, 5) is 2.35. The Morgan fingerprint density at radius 3 is 1.18 bits per heavy atom. The third-order valence-corrected chi connectivity index (χ3v) is 12.7. The first-order valence-corrected chi connectivity index (χ1v) is 22.9. The molecule has 1 aromatic heterocycles. The SMILES string of the molecule is CC.c1cc(-c2ccc(N(c3ccc(-c4cccc(-c5cccc6ccccc56)c4)cc3)c3ccc(-c4cccc5c4oc4ccccc45)cc3)cc2)cc(-c2cccc3ccccc23)c1. The molecule has 0 atom stereocenters. The zero-order chi connectivity index (χ0) is 44.4. The lowest BCUT2D eigenvalue weighted by atomic mass is 9.95. The van der Waals surface area contributed by atoms with Crippen LogP contribution in [0.2, 0.25) is 0 Å². The maximum absolute atomic E-state index is 6.44.